The molecule has 8 aromatic rings. The van der Waals surface area contributed by atoms with E-state index in [1.54, 1.807) is 6.07 Å². The molecule has 6 heteroatoms. The SMILES string of the molecule is CC(C)(C)c1cc(-c2cc(-c3[c-]c(N(c4ccccn4)c4cccc5ccccc45)cc(-c4ccccc4)c3)nc(-c3ccccc3O)n2)cc(C(C)(C)C)c1.[Pt]. The van der Waals surface area contributed by atoms with Crippen molar-refractivity contribution < 1.29 is 26.2 Å². The molecule has 0 aliphatic carbocycles. The van der Waals surface area contributed by atoms with Crippen molar-refractivity contribution in [1.29, 1.82) is 0 Å². The fraction of sp³-hybridized carbons (Fsp3) is 0.157. The zero-order valence-electron chi connectivity index (χ0n) is 33.1. The molecule has 0 saturated carbocycles. The summed E-state index contributed by atoms with van der Waals surface area (Å²) in [5, 5.41) is 13.4. The number of anilines is 3. The number of rotatable bonds is 7. The van der Waals surface area contributed by atoms with Crippen LogP contribution in [-0.2, 0) is 31.9 Å². The van der Waals surface area contributed by atoms with Crippen molar-refractivity contribution in [1.82, 2.24) is 15.0 Å². The van der Waals surface area contributed by atoms with Gasteiger partial charge in [-0.05, 0) is 86.8 Å². The van der Waals surface area contributed by atoms with E-state index >= 15 is 0 Å². The summed E-state index contributed by atoms with van der Waals surface area (Å²) in [6.45, 7) is 13.5. The molecule has 0 saturated heterocycles. The minimum absolute atomic E-state index is 0. The number of phenols is 1. The molecular formula is C51H45N4OPt-. The third-order valence-electron chi connectivity index (χ3n) is 10.2. The first-order valence-electron chi connectivity index (χ1n) is 19.1. The van der Waals surface area contributed by atoms with Crippen molar-refractivity contribution in [3.63, 3.8) is 0 Å². The second kappa shape index (κ2) is 15.9. The first kappa shape index (κ1) is 39.3. The molecule has 0 unspecified atom stereocenters. The Morgan fingerprint density at radius 2 is 1.21 bits per heavy atom. The molecule has 0 bridgehead atoms. The van der Waals surface area contributed by atoms with Crippen molar-refractivity contribution in [2.24, 2.45) is 0 Å². The van der Waals surface area contributed by atoms with Gasteiger partial charge in [-0.3, -0.25) is 4.98 Å². The Morgan fingerprint density at radius 3 is 1.91 bits per heavy atom. The molecule has 0 aliphatic rings. The maximum Gasteiger partial charge on any atom is 0.154 e. The number of phenolic OH excluding ortho intramolecular Hbond substituents is 1. The predicted octanol–water partition coefficient (Wildman–Crippen LogP) is 13.3. The van der Waals surface area contributed by atoms with Crippen LogP contribution >= 0.6 is 0 Å². The molecule has 0 aliphatic heterocycles. The van der Waals surface area contributed by atoms with Crippen LogP contribution in [0, 0.1) is 6.07 Å². The van der Waals surface area contributed by atoms with Crippen LogP contribution in [-0.4, -0.2) is 20.1 Å². The van der Waals surface area contributed by atoms with Gasteiger partial charge >= 0.3 is 0 Å². The monoisotopic (exact) mass is 924 g/mol. The third kappa shape index (κ3) is 8.31. The zero-order valence-corrected chi connectivity index (χ0v) is 35.3. The van der Waals surface area contributed by atoms with E-state index in [0.29, 0.717) is 17.1 Å². The number of hydrogen-bond acceptors (Lipinski definition) is 5. The number of para-hydroxylation sites is 1. The van der Waals surface area contributed by atoms with E-state index < -0.39 is 0 Å². The van der Waals surface area contributed by atoms with Gasteiger partial charge in [-0.25, -0.2) is 9.97 Å². The minimum atomic E-state index is -0.0877. The molecule has 0 atom stereocenters. The fourth-order valence-corrected chi connectivity index (χ4v) is 7.03. The Hall–Kier alpha value is -5.90. The third-order valence-corrected chi connectivity index (χ3v) is 10.2. The van der Waals surface area contributed by atoms with Crippen LogP contribution in [0.4, 0.5) is 17.2 Å². The summed E-state index contributed by atoms with van der Waals surface area (Å²) in [7, 11) is 0. The number of pyridine rings is 1. The van der Waals surface area contributed by atoms with E-state index in [2.05, 4.69) is 156 Å². The number of aromatic nitrogens is 3. The van der Waals surface area contributed by atoms with E-state index in [-0.39, 0.29) is 37.6 Å². The number of hydrogen-bond donors (Lipinski definition) is 1. The second-order valence-electron chi connectivity index (χ2n) is 16.3. The predicted molar refractivity (Wildman–Crippen MR) is 232 cm³/mol. The fourth-order valence-electron chi connectivity index (χ4n) is 7.03. The molecular weight excluding hydrogens is 880 g/mol. The molecule has 0 spiro atoms. The molecule has 6 aromatic carbocycles. The van der Waals surface area contributed by atoms with Gasteiger partial charge in [-0.2, -0.15) is 0 Å². The summed E-state index contributed by atoms with van der Waals surface area (Å²) in [5.41, 5.74) is 9.93. The molecule has 2 aromatic heterocycles. The van der Waals surface area contributed by atoms with Crippen LogP contribution < -0.4 is 4.90 Å². The topological polar surface area (TPSA) is 62.1 Å². The molecule has 0 amide bonds. The molecule has 286 valence electrons. The maximum absolute atomic E-state index is 11.1. The average molecular weight is 925 g/mol. The number of fused-ring (bicyclic) bond motifs is 1. The van der Waals surface area contributed by atoms with Crippen LogP contribution in [0.15, 0.2) is 158 Å². The maximum atomic E-state index is 11.1. The van der Waals surface area contributed by atoms with Crippen LogP contribution in [0.2, 0.25) is 0 Å². The summed E-state index contributed by atoms with van der Waals surface area (Å²) in [5.74, 6) is 1.32. The molecule has 0 radical (unpaired) electrons. The molecule has 1 N–H and O–H groups in total. The van der Waals surface area contributed by atoms with Crippen LogP contribution in [0.5, 0.6) is 5.75 Å². The Bertz CT molecular complexity index is 2640. The molecule has 2 heterocycles. The van der Waals surface area contributed by atoms with Crippen molar-refractivity contribution in [2.75, 3.05) is 4.90 Å². The van der Waals surface area contributed by atoms with Gasteiger partial charge in [0.2, 0.25) is 0 Å². The smallest absolute Gasteiger partial charge is 0.154 e. The Morgan fingerprint density at radius 1 is 0.561 bits per heavy atom. The minimum Gasteiger partial charge on any atom is -0.507 e. The van der Waals surface area contributed by atoms with E-state index in [0.717, 1.165) is 55.9 Å². The summed E-state index contributed by atoms with van der Waals surface area (Å²) in [6, 6.07) is 55.4. The molecule has 57 heavy (non-hydrogen) atoms. The summed E-state index contributed by atoms with van der Waals surface area (Å²) in [6.07, 6.45) is 1.82. The van der Waals surface area contributed by atoms with Gasteiger partial charge < -0.3 is 10.0 Å². The summed E-state index contributed by atoms with van der Waals surface area (Å²) >= 11 is 0. The van der Waals surface area contributed by atoms with Gasteiger partial charge in [-0.15, -0.1) is 23.8 Å². The second-order valence-corrected chi connectivity index (χ2v) is 16.3. The van der Waals surface area contributed by atoms with Crippen LogP contribution in [0.1, 0.15) is 52.7 Å². The van der Waals surface area contributed by atoms with Crippen LogP contribution in [0.3, 0.4) is 0 Å². The standard InChI is InChI=1S/C51H45N4O.Pt/c1-50(2,3)39-28-38(29-40(32-39)51(4,5)6)45-33-44(53-49(54-45)43-22-12-13-24-47(43)56)37-27-36(34-17-8-7-9-18-34)30-41(31-37)55(48-25-14-15-26-52-48)46-23-16-20-35-19-10-11-21-42(35)46;/h7-30,32-33,56H,1-6H3;/q-1;. The Balaban J connectivity index is 0.00000496. The largest absolute Gasteiger partial charge is 0.507 e. The van der Waals surface area contributed by atoms with Crippen LogP contribution in [0.25, 0.3) is 55.8 Å². The summed E-state index contributed by atoms with van der Waals surface area (Å²) < 4.78 is 0. The van der Waals surface area contributed by atoms with Gasteiger partial charge in [0.05, 0.1) is 16.9 Å². The van der Waals surface area contributed by atoms with Gasteiger partial charge in [-0.1, -0.05) is 144 Å². The number of benzene rings is 6. The van der Waals surface area contributed by atoms with E-state index in [1.807, 2.05) is 48.7 Å². The molecule has 5 nitrogen and oxygen atoms in total. The first-order chi connectivity index (χ1) is 26.9. The van der Waals surface area contributed by atoms with Gasteiger partial charge in [0, 0.05) is 38.2 Å². The van der Waals surface area contributed by atoms with E-state index in [1.165, 1.54) is 11.1 Å². The van der Waals surface area contributed by atoms with E-state index in [9.17, 15) is 5.11 Å². The van der Waals surface area contributed by atoms with Crippen molar-refractivity contribution in [3.8, 4) is 50.8 Å². The Kier molecular flexibility index (Phi) is 11.0. The van der Waals surface area contributed by atoms with Gasteiger partial charge in [0.1, 0.15) is 11.6 Å². The number of aromatic hydroxyl groups is 1. The number of nitrogens with zero attached hydrogens (tertiary/aromatic N) is 4. The summed E-state index contributed by atoms with van der Waals surface area (Å²) in [4.78, 5) is 17.4. The zero-order chi connectivity index (χ0) is 39.0. The van der Waals surface area contributed by atoms with Gasteiger partial charge in [0.25, 0.3) is 0 Å². The average Bonchev–Trinajstić information content (AvgIpc) is 3.21. The van der Waals surface area contributed by atoms with Crippen molar-refractivity contribution >= 4 is 28.0 Å². The van der Waals surface area contributed by atoms with Crippen molar-refractivity contribution in [3.05, 3.63) is 175 Å². The quantitative estimate of drug-likeness (QED) is 0.161. The van der Waals surface area contributed by atoms with E-state index in [4.69, 9.17) is 15.0 Å². The molecule has 0 fully saturated rings. The first-order valence-corrected chi connectivity index (χ1v) is 19.1. The van der Waals surface area contributed by atoms with Gasteiger partial charge in [0.15, 0.2) is 5.82 Å². The van der Waals surface area contributed by atoms with Crippen molar-refractivity contribution in [2.45, 2.75) is 52.4 Å². The normalized spacial score (nSPS) is 11.6. The molecule has 8 rings (SSSR count). The Labute approximate surface area is 350 Å².